The highest BCUT2D eigenvalue weighted by atomic mass is 127. The highest BCUT2D eigenvalue weighted by Crippen LogP contribution is 2.17. The maximum absolute atomic E-state index is 5.95. The lowest BCUT2D eigenvalue weighted by Gasteiger charge is -2.34. The molecule has 0 spiro atoms. The molecule has 3 rings (SSSR count). The molecule has 0 aliphatic carbocycles. The van der Waals surface area contributed by atoms with E-state index in [2.05, 4.69) is 38.4 Å². The Balaban J connectivity index is 0.00000280. The summed E-state index contributed by atoms with van der Waals surface area (Å²) in [6.07, 6.45) is 5.24. The van der Waals surface area contributed by atoms with Crippen molar-refractivity contribution in [3.8, 4) is 0 Å². The summed E-state index contributed by atoms with van der Waals surface area (Å²) in [7, 11) is 3.58. The van der Waals surface area contributed by atoms with E-state index in [0.29, 0.717) is 6.10 Å². The Labute approximate surface area is 184 Å². The number of fused-ring (bicyclic) bond motifs is 1. The van der Waals surface area contributed by atoms with Gasteiger partial charge in [-0.15, -0.1) is 24.0 Å². The van der Waals surface area contributed by atoms with Crippen LogP contribution < -0.4 is 5.32 Å². The highest BCUT2D eigenvalue weighted by molar-refractivity contribution is 14.0. The van der Waals surface area contributed by atoms with Crippen LogP contribution in [0.25, 0.3) is 10.9 Å². The van der Waals surface area contributed by atoms with E-state index in [9.17, 15) is 0 Å². The Kier molecular flexibility index (Phi) is 9.94. The molecule has 1 saturated heterocycles. The number of ether oxygens (including phenoxy) is 2. The second-order valence-corrected chi connectivity index (χ2v) is 6.79. The second kappa shape index (κ2) is 12.2. The summed E-state index contributed by atoms with van der Waals surface area (Å²) in [6, 6.07) is 10.3. The SMILES string of the molecule is CN=C(NCc1ccnc2ccccc12)N1CCC(OCCCOC)CC1.I. The molecule has 1 N–H and O–H groups in total. The van der Waals surface area contributed by atoms with E-state index in [1.165, 1.54) is 10.9 Å². The first-order valence-electron chi connectivity index (χ1n) is 9.70. The van der Waals surface area contributed by atoms with Crippen LogP contribution in [0.1, 0.15) is 24.8 Å². The Morgan fingerprint density at radius 1 is 1.21 bits per heavy atom. The Morgan fingerprint density at radius 2 is 2.00 bits per heavy atom. The number of pyridine rings is 1. The molecule has 0 amide bonds. The van der Waals surface area contributed by atoms with Gasteiger partial charge < -0.3 is 19.7 Å². The second-order valence-electron chi connectivity index (χ2n) is 6.79. The van der Waals surface area contributed by atoms with Crippen molar-refractivity contribution in [2.75, 3.05) is 40.5 Å². The van der Waals surface area contributed by atoms with Crippen LogP contribution in [0.5, 0.6) is 0 Å². The van der Waals surface area contributed by atoms with E-state index in [-0.39, 0.29) is 24.0 Å². The molecule has 1 aliphatic rings. The Morgan fingerprint density at radius 3 is 2.75 bits per heavy atom. The van der Waals surface area contributed by atoms with Gasteiger partial charge in [-0.1, -0.05) is 18.2 Å². The average molecular weight is 498 g/mol. The van der Waals surface area contributed by atoms with Gasteiger partial charge in [-0.05, 0) is 37.0 Å². The fourth-order valence-electron chi connectivity index (χ4n) is 3.50. The van der Waals surface area contributed by atoms with E-state index >= 15 is 0 Å². The molecule has 2 heterocycles. The number of aromatic nitrogens is 1. The van der Waals surface area contributed by atoms with Crippen LogP contribution in [0.15, 0.2) is 41.5 Å². The van der Waals surface area contributed by atoms with Crippen molar-refractivity contribution in [1.29, 1.82) is 0 Å². The zero-order valence-corrected chi connectivity index (χ0v) is 19.1. The maximum atomic E-state index is 5.95. The fraction of sp³-hybridized carbons (Fsp3) is 0.524. The highest BCUT2D eigenvalue weighted by Gasteiger charge is 2.21. The molecule has 0 bridgehead atoms. The molecule has 0 unspecified atom stereocenters. The first-order valence-corrected chi connectivity index (χ1v) is 9.70. The van der Waals surface area contributed by atoms with E-state index in [0.717, 1.165) is 63.6 Å². The third-order valence-electron chi connectivity index (χ3n) is 4.98. The number of likely N-dealkylation sites (tertiary alicyclic amines) is 1. The number of aliphatic imine (C=N–C) groups is 1. The summed E-state index contributed by atoms with van der Waals surface area (Å²) in [6.45, 7) is 4.21. The van der Waals surface area contributed by atoms with E-state index in [1.807, 2.05) is 25.4 Å². The monoisotopic (exact) mass is 498 g/mol. The minimum atomic E-state index is 0. The van der Waals surface area contributed by atoms with Crippen molar-refractivity contribution in [3.63, 3.8) is 0 Å². The first-order chi connectivity index (χ1) is 13.3. The summed E-state index contributed by atoms with van der Waals surface area (Å²) in [4.78, 5) is 11.2. The average Bonchev–Trinajstić information content (AvgIpc) is 2.73. The van der Waals surface area contributed by atoms with Crippen LogP contribution in [0.4, 0.5) is 0 Å². The van der Waals surface area contributed by atoms with Crippen LogP contribution in [0.2, 0.25) is 0 Å². The largest absolute Gasteiger partial charge is 0.385 e. The molecular weight excluding hydrogens is 467 g/mol. The summed E-state index contributed by atoms with van der Waals surface area (Å²) in [5, 5.41) is 4.70. The lowest BCUT2D eigenvalue weighted by Crippen LogP contribution is -2.46. The van der Waals surface area contributed by atoms with Crippen LogP contribution in [-0.4, -0.2) is 62.4 Å². The van der Waals surface area contributed by atoms with E-state index in [4.69, 9.17) is 9.47 Å². The molecule has 0 radical (unpaired) electrons. The Bertz CT molecular complexity index is 743. The van der Waals surface area contributed by atoms with Gasteiger partial charge >= 0.3 is 0 Å². The van der Waals surface area contributed by atoms with Crippen molar-refractivity contribution in [1.82, 2.24) is 15.2 Å². The molecule has 28 heavy (non-hydrogen) atoms. The smallest absolute Gasteiger partial charge is 0.193 e. The third kappa shape index (κ3) is 6.28. The lowest BCUT2D eigenvalue weighted by molar-refractivity contribution is 0.00990. The molecule has 1 aromatic heterocycles. The summed E-state index contributed by atoms with van der Waals surface area (Å²) in [5.41, 5.74) is 2.26. The first kappa shape index (κ1) is 22.8. The number of methoxy groups -OCH3 is 1. The normalized spacial score (nSPS) is 15.5. The van der Waals surface area contributed by atoms with E-state index in [1.54, 1.807) is 7.11 Å². The molecule has 1 fully saturated rings. The van der Waals surface area contributed by atoms with Crippen molar-refractivity contribution < 1.29 is 9.47 Å². The number of guanidine groups is 1. The van der Waals surface area contributed by atoms with Crippen LogP contribution in [0.3, 0.4) is 0 Å². The fourth-order valence-corrected chi connectivity index (χ4v) is 3.50. The van der Waals surface area contributed by atoms with Gasteiger partial charge in [0.25, 0.3) is 0 Å². The number of benzene rings is 1. The van der Waals surface area contributed by atoms with Crippen molar-refractivity contribution >= 4 is 40.8 Å². The molecule has 154 valence electrons. The standard InChI is InChI=1S/C21H30N4O2.HI/c1-22-21(25-12-9-18(10-13-25)27-15-5-14-26-2)24-16-17-8-11-23-20-7-4-3-6-19(17)20;/h3-4,6-8,11,18H,5,9-10,12-16H2,1-2H3,(H,22,24);1H. The predicted molar refractivity (Wildman–Crippen MR) is 124 cm³/mol. The van der Waals surface area contributed by atoms with Crippen LogP contribution in [0, 0.1) is 0 Å². The zero-order chi connectivity index (χ0) is 18.9. The number of para-hydroxylation sites is 1. The summed E-state index contributed by atoms with van der Waals surface area (Å²) >= 11 is 0. The third-order valence-corrected chi connectivity index (χ3v) is 4.98. The van der Waals surface area contributed by atoms with Gasteiger partial charge in [0.15, 0.2) is 5.96 Å². The molecule has 6 nitrogen and oxygen atoms in total. The summed E-state index contributed by atoms with van der Waals surface area (Å²) < 4.78 is 11.0. The minimum Gasteiger partial charge on any atom is -0.385 e. The van der Waals surface area contributed by atoms with Gasteiger partial charge in [-0.25, -0.2) is 0 Å². The van der Waals surface area contributed by atoms with E-state index < -0.39 is 0 Å². The molecule has 0 saturated carbocycles. The Hall–Kier alpha value is -1.45. The quantitative estimate of drug-likeness (QED) is 0.274. The molecule has 1 aromatic carbocycles. The van der Waals surface area contributed by atoms with Crippen molar-refractivity contribution in [2.24, 2.45) is 4.99 Å². The van der Waals surface area contributed by atoms with Crippen LogP contribution >= 0.6 is 24.0 Å². The number of hydrogen-bond acceptors (Lipinski definition) is 4. The minimum absolute atomic E-state index is 0. The number of piperidine rings is 1. The summed E-state index contributed by atoms with van der Waals surface area (Å²) in [5.74, 6) is 0.953. The zero-order valence-electron chi connectivity index (χ0n) is 16.8. The number of nitrogens with zero attached hydrogens (tertiary/aromatic N) is 3. The molecule has 0 atom stereocenters. The molecule has 2 aromatic rings. The predicted octanol–water partition coefficient (Wildman–Crippen LogP) is 3.45. The number of rotatable bonds is 7. The van der Waals surface area contributed by atoms with Crippen molar-refractivity contribution in [3.05, 3.63) is 42.1 Å². The van der Waals surface area contributed by atoms with Crippen LogP contribution in [-0.2, 0) is 16.0 Å². The molecular formula is C21H31IN4O2. The van der Waals surface area contributed by atoms with Gasteiger partial charge in [0.2, 0.25) is 0 Å². The lowest BCUT2D eigenvalue weighted by atomic mass is 10.1. The number of hydrogen-bond donors (Lipinski definition) is 1. The van der Waals surface area contributed by atoms with Crippen molar-refractivity contribution in [2.45, 2.75) is 31.9 Å². The van der Waals surface area contributed by atoms with Gasteiger partial charge in [-0.2, -0.15) is 0 Å². The number of nitrogens with one attached hydrogen (secondary N) is 1. The molecule has 1 aliphatic heterocycles. The number of halogens is 1. The maximum Gasteiger partial charge on any atom is 0.193 e. The van der Waals surface area contributed by atoms with Gasteiger partial charge in [0.1, 0.15) is 0 Å². The van der Waals surface area contributed by atoms with Gasteiger partial charge in [0, 0.05) is 58.6 Å². The molecule has 7 heteroatoms. The van der Waals surface area contributed by atoms with Gasteiger partial charge in [0.05, 0.1) is 11.6 Å². The van der Waals surface area contributed by atoms with Gasteiger partial charge in [-0.3, -0.25) is 9.98 Å². The topological polar surface area (TPSA) is 59.0 Å².